The van der Waals surface area contributed by atoms with Gasteiger partial charge < -0.3 is 4.57 Å². The summed E-state index contributed by atoms with van der Waals surface area (Å²) in [5.41, 5.74) is 1.72. The lowest BCUT2D eigenvalue weighted by atomic mass is 10.3. The Morgan fingerprint density at radius 2 is 2.21 bits per heavy atom. The van der Waals surface area contributed by atoms with Crippen LogP contribution in [0.5, 0.6) is 0 Å². The van der Waals surface area contributed by atoms with E-state index in [1.807, 2.05) is 24.3 Å². The third-order valence-electron chi connectivity index (χ3n) is 2.09. The third-order valence-corrected chi connectivity index (χ3v) is 2.09. The summed E-state index contributed by atoms with van der Waals surface area (Å²) in [4.78, 5) is 4.17. The van der Waals surface area contributed by atoms with Crippen molar-refractivity contribution in [1.82, 2.24) is 9.55 Å². The number of nitrogens with one attached hydrogen (secondary N) is 1. The van der Waals surface area contributed by atoms with Gasteiger partial charge >= 0.3 is 0 Å². The fourth-order valence-corrected chi connectivity index (χ4v) is 1.40. The zero-order valence-corrected chi connectivity index (χ0v) is 7.68. The smallest absolute Gasteiger partial charge is 0.236 e. The Kier molecular flexibility index (Phi) is 1.94. The van der Waals surface area contributed by atoms with Gasteiger partial charge in [-0.1, -0.05) is 12.1 Å². The molecule has 0 atom stereocenters. The Bertz CT molecular complexity index is 477. The molecule has 2 rings (SSSR count). The van der Waals surface area contributed by atoms with Crippen molar-refractivity contribution in [2.24, 2.45) is 7.05 Å². The van der Waals surface area contributed by atoms with Crippen LogP contribution in [-0.2, 0) is 7.05 Å². The van der Waals surface area contributed by atoms with Gasteiger partial charge in [-0.3, -0.25) is 10.6 Å². The number of hydroxylamine groups is 1. The van der Waals surface area contributed by atoms with Gasteiger partial charge in [0.25, 0.3) is 0 Å². The van der Waals surface area contributed by atoms with E-state index in [-0.39, 0.29) is 0 Å². The topological polar surface area (TPSA) is 65.1 Å². The number of hydrogen-bond donors (Lipinski definition) is 2. The molecule has 2 aromatic rings. The first kappa shape index (κ1) is 8.71. The number of rotatable bonds is 2. The summed E-state index contributed by atoms with van der Waals surface area (Å²) in [6.45, 7) is 0. The maximum atomic E-state index is 9.32. The zero-order chi connectivity index (χ0) is 10.1. The van der Waals surface area contributed by atoms with Crippen molar-refractivity contribution >= 4 is 23.3 Å². The third kappa shape index (κ3) is 1.14. The Morgan fingerprint density at radius 3 is 2.86 bits per heavy atom. The number of fused-ring (bicyclic) bond motifs is 1. The van der Waals surface area contributed by atoms with Crippen LogP contribution in [0.25, 0.3) is 11.0 Å². The monoisotopic (exact) mass is 190 g/mol. The average Bonchev–Trinajstić information content (AvgIpc) is 2.56. The van der Waals surface area contributed by atoms with Gasteiger partial charge in [-0.05, 0) is 12.1 Å². The van der Waals surface area contributed by atoms with Crippen LogP contribution in [0.2, 0.25) is 0 Å². The second-order valence-electron chi connectivity index (χ2n) is 2.93. The lowest BCUT2D eigenvalue weighted by Gasteiger charge is -2.08. The van der Waals surface area contributed by atoms with Crippen LogP contribution in [0.3, 0.4) is 0 Å². The van der Waals surface area contributed by atoms with Gasteiger partial charge in [0.2, 0.25) is 5.95 Å². The standard InChI is InChI=1S/C9H10N4O/c1-12-8-5-3-2-4-7(8)11-9(12)13(14)6-10/h2-6,10,14H,1H3. The fourth-order valence-electron chi connectivity index (χ4n) is 1.40. The molecule has 0 fully saturated rings. The summed E-state index contributed by atoms with van der Waals surface area (Å²) in [6.07, 6.45) is 0.807. The molecule has 72 valence electrons. The molecule has 0 aliphatic heterocycles. The van der Waals surface area contributed by atoms with Crippen molar-refractivity contribution in [2.75, 3.05) is 5.06 Å². The van der Waals surface area contributed by atoms with Crippen LogP contribution in [0, 0.1) is 5.41 Å². The highest BCUT2D eigenvalue weighted by atomic mass is 16.5. The second kappa shape index (κ2) is 3.12. The van der Waals surface area contributed by atoms with Crippen molar-refractivity contribution in [2.45, 2.75) is 0 Å². The van der Waals surface area contributed by atoms with E-state index in [1.165, 1.54) is 0 Å². The van der Waals surface area contributed by atoms with E-state index in [0.717, 1.165) is 17.4 Å². The molecule has 0 radical (unpaired) electrons. The molecule has 0 aliphatic rings. The van der Waals surface area contributed by atoms with Crippen molar-refractivity contribution in [1.29, 1.82) is 5.41 Å². The van der Waals surface area contributed by atoms with Gasteiger partial charge in [-0.2, -0.15) is 5.06 Å². The Hall–Kier alpha value is -1.88. The maximum Gasteiger partial charge on any atom is 0.236 e. The molecular formula is C9H10N4O. The normalized spacial score (nSPS) is 10.4. The van der Waals surface area contributed by atoms with Crippen molar-refractivity contribution in [3.8, 4) is 0 Å². The van der Waals surface area contributed by atoms with E-state index in [0.29, 0.717) is 11.0 Å². The number of imidazole rings is 1. The summed E-state index contributed by atoms with van der Waals surface area (Å²) in [7, 11) is 1.79. The maximum absolute atomic E-state index is 9.32. The lowest BCUT2D eigenvalue weighted by molar-refractivity contribution is 0.307. The van der Waals surface area contributed by atoms with Crippen LogP contribution in [0.4, 0.5) is 5.95 Å². The van der Waals surface area contributed by atoms with E-state index in [4.69, 9.17) is 5.41 Å². The minimum absolute atomic E-state index is 0.334. The first-order valence-corrected chi connectivity index (χ1v) is 4.14. The van der Waals surface area contributed by atoms with E-state index in [2.05, 4.69) is 4.98 Å². The molecule has 0 amide bonds. The summed E-state index contributed by atoms with van der Waals surface area (Å²) in [5.74, 6) is 0.334. The summed E-state index contributed by atoms with van der Waals surface area (Å²) in [6, 6.07) is 7.55. The van der Waals surface area contributed by atoms with Crippen LogP contribution in [0.15, 0.2) is 24.3 Å². The lowest BCUT2D eigenvalue weighted by Crippen LogP contribution is -2.18. The molecule has 14 heavy (non-hydrogen) atoms. The van der Waals surface area contributed by atoms with Crippen molar-refractivity contribution < 1.29 is 5.21 Å². The molecular weight excluding hydrogens is 180 g/mol. The Labute approximate surface area is 80.7 Å². The van der Waals surface area contributed by atoms with Crippen molar-refractivity contribution in [3.05, 3.63) is 24.3 Å². The van der Waals surface area contributed by atoms with Crippen LogP contribution >= 0.6 is 0 Å². The number of anilines is 1. The first-order chi connectivity index (χ1) is 6.74. The van der Waals surface area contributed by atoms with E-state index < -0.39 is 0 Å². The molecule has 0 saturated heterocycles. The number of para-hydroxylation sites is 2. The minimum Gasteiger partial charge on any atom is -0.311 e. The molecule has 5 nitrogen and oxygen atoms in total. The highest BCUT2D eigenvalue weighted by Crippen LogP contribution is 2.18. The van der Waals surface area contributed by atoms with Gasteiger partial charge in [-0.15, -0.1) is 0 Å². The number of benzene rings is 1. The number of nitrogens with zero attached hydrogens (tertiary/aromatic N) is 3. The zero-order valence-electron chi connectivity index (χ0n) is 7.68. The quantitative estimate of drug-likeness (QED) is 0.427. The highest BCUT2D eigenvalue weighted by Gasteiger charge is 2.10. The Morgan fingerprint density at radius 1 is 1.50 bits per heavy atom. The molecule has 0 saturated carbocycles. The van der Waals surface area contributed by atoms with E-state index in [1.54, 1.807) is 11.6 Å². The molecule has 0 unspecified atom stereocenters. The van der Waals surface area contributed by atoms with E-state index >= 15 is 0 Å². The van der Waals surface area contributed by atoms with Crippen LogP contribution in [0.1, 0.15) is 0 Å². The van der Waals surface area contributed by atoms with Gasteiger partial charge in [0.15, 0.2) is 0 Å². The predicted molar refractivity (Wildman–Crippen MR) is 53.8 cm³/mol. The molecule has 0 spiro atoms. The SMILES string of the molecule is Cn1c(N(O)C=N)nc2ccccc21. The molecule has 2 N–H and O–H groups in total. The molecule has 5 heteroatoms. The number of aryl methyl sites for hydroxylation is 1. The van der Waals surface area contributed by atoms with Crippen molar-refractivity contribution in [3.63, 3.8) is 0 Å². The summed E-state index contributed by atoms with van der Waals surface area (Å²) < 4.78 is 1.72. The van der Waals surface area contributed by atoms with E-state index in [9.17, 15) is 5.21 Å². The number of aromatic nitrogens is 2. The first-order valence-electron chi connectivity index (χ1n) is 4.14. The molecule has 1 aromatic heterocycles. The summed E-state index contributed by atoms with van der Waals surface area (Å²) >= 11 is 0. The molecule has 0 aliphatic carbocycles. The summed E-state index contributed by atoms with van der Waals surface area (Å²) in [5, 5.41) is 16.9. The molecule has 0 bridgehead atoms. The molecule has 1 heterocycles. The second-order valence-corrected chi connectivity index (χ2v) is 2.93. The van der Waals surface area contributed by atoms with Gasteiger partial charge in [-0.25, -0.2) is 4.98 Å². The number of hydrogen-bond acceptors (Lipinski definition) is 3. The van der Waals surface area contributed by atoms with Crippen LogP contribution in [-0.4, -0.2) is 21.1 Å². The predicted octanol–water partition coefficient (Wildman–Crippen LogP) is 1.38. The van der Waals surface area contributed by atoms with Crippen LogP contribution < -0.4 is 5.06 Å². The minimum atomic E-state index is 0.334. The molecule has 1 aromatic carbocycles. The fraction of sp³-hybridized carbons (Fsp3) is 0.111. The average molecular weight is 190 g/mol. The van der Waals surface area contributed by atoms with Gasteiger partial charge in [0.1, 0.15) is 6.34 Å². The highest BCUT2D eigenvalue weighted by molar-refractivity contribution is 5.81. The van der Waals surface area contributed by atoms with Gasteiger partial charge in [0.05, 0.1) is 11.0 Å². The Balaban J connectivity index is 2.68. The largest absolute Gasteiger partial charge is 0.311 e. The van der Waals surface area contributed by atoms with Gasteiger partial charge in [0, 0.05) is 7.05 Å².